The first kappa shape index (κ1) is 19.3. The number of hydrogen-bond donors (Lipinski definition) is 0. The van der Waals surface area contributed by atoms with Gasteiger partial charge in [-0.1, -0.05) is 71.8 Å². The fraction of sp³-hybridized carbons (Fsp3) is 0. The molecule has 0 amide bonds. The van der Waals surface area contributed by atoms with Crippen LogP contribution < -0.4 is 0 Å². The van der Waals surface area contributed by atoms with Gasteiger partial charge >= 0.3 is 0 Å². The number of benzene rings is 4. The third-order valence-corrected chi connectivity index (χ3v) is 3.63. The Balaban J connectivity index is 0.000000173. The summed E-state index contributed by atoms with van der Waals surface area (Å²) in [5.41, 5.74) is 4.93. The Morgan fingerprint density at radius 2 is 0.760 bits per heavy atom. The fourth-order valence-electron chi connectivity index (χ4n) is 2.41. The van der Waals surface area contributed by atoms with Crippen LogP contribution in [0.2, 0.25) is 0 Å². The molecular formula is C24H18Y-2. The first-order valence-electron chi connectivity index (χ1n) is 7.96. The quantitative estimate of drug-likeness (QED) is 0.349. The normalized spacial score (nSPS) is 9.28. The van der Waals surface area contributed by atoms with Crippen molar-refractivity contribution in [1.82, 2.24) is 0 Å². The number of rotatable bonds is 2. The van der Waals surface area contributed by atoms with Gasteiger partial charge in [-0.3, -0.25) is 0 Å². The molecule has 0 N–H and O–H groups in total. The Bertz CT molecular complexity index is 676. The maximum atomic E-state index is 3.06. The molecule has 0 saturated carbocycles. The summed E-state index contributed by atoms with van der Waals surface area (Å²) in [6, 6.07) is 42.7. The second kappa shape index (κ2) is 10.8. The molecule has 0 unspecified atom stereocenters. The Morgan fingerprint density at radius 1 is 0.400 bits per heavy atom. The van der Waals surface area contributed by atoms with Crippen molar-refractivity contribution in [1.29, 1.82) is 0 Å². The third kappa shape index (κ3) is 6.09. The molecule has 0 nitrogen and oxygen atoms in total. The minimum atomic E-state index is 0. The van der Waals surface area contributed by atoms with Crippen LogP contribution in [0.15, 0.2) is 109 Å². The summed E-state index contributed by atoms with van der Waals surface area (Å²) in [4.78, 5) is 0. The van der Waals surface area contributed by atoms with Gasteiger partial charge in [0.25, 0.3) is 0 Å². The van der Waals surface area contributed by atoms with Crippen LogP contribution in [0.5, 0.6) is 0 Å². The molecule has 0 aliphatic heterocycles. The van der Waals surface area contributed by atoms with Crippen LogP contribution in [-0.2, 0) is 32.7 Å². The van der Waals surface area contributed by atoms with E-state index in [1.165, 1.54) is 22.3 Å². The van der Waals surface area contributed by atoms with Gasteiger partial charge in [0.15, 0.2) is 0 Å². The van der Waals surface area contributed by atoms with E-state index in [9.17, 15) is 0 Å². The minimum Gasteiger partial charge on any atom is -0.183 e. The second-order valence-electron chi connectivity index (χ2n) is 5.32. The van der Waals surface area contributed by atoms with Gasteiger partial charge in [0.2, 0.25) is 0 Å². The molecule has 4 rings (SSSR count). The molecule has 1 radical (unpaired) electrons. The van der Waals surface area contributed by atoms with Gasteiger partial charge in [0.05, 0.1) is 0 Å². The van der Waals surface area contributed by atoms with Crippen molar-refractivity contribution in [3.63, 3.8) is 0 Å². The summed E-state index contributed by atoms with van der Waals surface area (Å²) in [7, 11) is 0. The largest absolute Gasteiger partial charge is 0.183 e. The van der Waals surface area contributed by atoms with Crippen LogP contribution in [-0.4, -0.2) is 0 Å². The molecule has 0 aliphatic rings. The van der Waals surface area contributed by atoms with Crippen molar-refractivity contribution in [2.75, 3.05) is 0 Å². The average molecular weight is 395 g/mol. The molecule has 119 valence electrons. The van der Waals surface area contributed by atoms with Crippen molar-refractivity contribution in [3.8, 4) is 22.3 Å². The van der Waals surface area contributed by atoms with E-state index in [0.29, 0.717) is 0 Å². The smallest absolute Gasteiger partial charge is 0 e. The second-order valence-corrected chi connectivity index (χ2v) is 5.32. The molecule has 25 heavy (non-hydrogen) atoms. The van der Waals surface area contributed by atoms with Crippen LogP contribution in [0, 0.1) is 12.1 Å². The van der Waals surface area contributed by atoms with E-state index in [1.807, 2.05) is 72.8 Å². The molecule has 0 fully saturated rings. The molecule has 4 aromatic rings. The van der Waals surface area contributed by atoms with Gasteiger partial charge < -0.3 is 0 Å². The van der Waals surface area contributed by atoms with E-state index in [1.54, 1.807) is 0 Å². The molecule has 0 aromatic heterocycles. The van der Waals surface area contributed by atoms with Crippen LogP contribution in [0.25, 0.3) is 22.3 Å². The minimum absolute atomic E-state index is 0. The molecule has 0 spiro atoms. The Morgan fingerprint density at radius 3 is 1.08 bits per heavy atom. The van der Waals surface area contributed by atoms with Gasteiger partial charge in [-0.05, 0) is 0 Å². The summed E-state index contributed by atoms with van der Waals surface area (Å²) in [5.74, 6) is 0. The van der Waals surface area contributed by atoms with Crippen LogP contribution in [0.4, 0.5) is 0 Å². The molecule has 0 aliphatic carbocycles. The summed E-state index contributed by atoms with van der Waals surface area (Å²) < 4.78 is 0. The topological polar surface area (TPSA) is 0 Å². The monoisotopic (exact) mass is 395 g/mol. The van der Waals surface area contributed by atoms with E-state index >= 15 is 0 Å². The summed E-state index contributed by atoms with van der Waals surface area (Å²) >= 11 is 0. The zero-order chi connectivity index (χ0) is 16.5. The Kier molecular flexibility index (Phi) is 8.32. The van der Waals surface area contributed by atoms with Crippen LogP contribution >= 0.6 is 0 Å². The predicted molar refractivity (Wildman–Crippen MR) is 101 cm³/mol. The number of hydrogen-bond acceptors (Lipinski definition) is 0. The van der Waals surface area contributed by atoms with Gasteiger partial charge in [0.1, 0.15) is 0 Å². The summed E-state index contributed by atoms with van der Waals surface area (Å²) in [6.45, 7) is 0. The van der Waals surface area contributed by atoms with E-state index in [2.05, 4.69) is 48.5 Å². The molecular weight excluding hydrogens is 377 g/mol. The third-order valence-electron chi connectivity index (χ3n) is 3.63. The van der Waals surface area contributed by atoms with Crippen molar-refractivity contribution in [2.45, 2.75) is 0 Å². The van der Waals surface area contributed by atoms with Gasteiger partial charge in [-0.15, -0.1) is 11.1 Å². The fourth-order valence-corrected chi connectivity index (χ4v) is 2.41. The first-order valence-corrected chi connectivity index (χ1v) is 7.96. The average Bonchev–Trinajstić information content (AvgIpc) is 2.71. The Labute approximate surface area is 175 Å². The maximum Gasteiger partial charge on any atom is 0 e. The molecule has 0 saturated heterocycles. The molecule has 4 aromatic carbocycles. The van der Waals surface area contributed by atoms with E-state index in [-0.39, 0.29) is 32.7 Å². The zero-order valence-corrected chi connectivity index (χ0v) is 16.8. The maximum absolute atomic E-state index is 3.06. The van der Waals surface area contributed by atoms with Crippen LogP contribution in [0.1, 0.15) is 0 Å². The Hall–Kier alpha value is -2.02. The van der Waals surface area contributed by atoms with Crippen molar-refractivity contribution in [2.24, 2.45) is 0 Å². The van der Waals surface area contributed by atoms with E-state index < -0.39 is 0 Å². The predicted octanol–water partition coefficient (Wildman–Crippen LogP) is 6.31. The van der Waals surface area contributed by atoms with Crippen molar-refractivity contribution in [3.05, 3.63) is 121 Å². The SMILES string of the molecule is [Y].[c-]1cccc(-c2ccccc2)c1.[c-]1cccc(-c2ccccc2)c1. The molecule has 0 atom stereocenters. The van der Waals surface area contributed by atoms with E-state index in [4.69, 9.17) is 0 Å². The standard InChI is InChI=1S/2C12H9.Y/c2*1-3-7-11(8-4-1)12-9-5-2-6-10-12;/h2*1-5,7-10H;/q2*-1;. The zero-order valence-electron chi connectivity index (χ0n) is 14.0. The van der Waals surface area contributed by atoms with Gasteiger partial charge in [-0.2, -0.15) is 60.7 Å². The summed E-state index contributed by atoms with van der Waals surface area (Å²) in [5, 5.41) is 0. The summed E-state index contributed by atoms with van der Waals surface area (Å²) in [6.07, 6.45) is 0. The van der Waals surface area contributed by atoms with Gasteiger partial charge in [-0.25, -0.2) is 0 Å². The van der Waals surface area contributed by atoms with Crippen molar-refractivity contribution < 1.29 is 32.7 Å². The molecule has 0 heterocycles. The first-order chi connectivity index (χ1) is 11.9. The van der Waals surface area contributed by atoms with Crippen LogP contribution in [0.3, 0.4) is 0 Å². The van der Waals surface area contributed by atoms with Gasteiger partial charge in [0, 0.05) is 32.7 Å². The molecule has 0 bridgehead atoms. The molecule has 1 heteroatoms. The van der Waals surface area contributed by atoms with Crippen molar-refractivity contribution >= 4 is 0 Å². The van der Waals surface area contributed by atoms with E-state index in [0.717, 1.165) is 0 Å².